The molecular formula is C37H60ClN9O6. The van der Waals surface area contributed by atoms with Crippen molar-refractivity contribution in [3.8, 4) is 0 Å². The van der Waals surface area contributed by atoms with E-state index >= 15 is 0 Å². The average molecular weight is 762 g/mol. The number of guanidine groups is 1. The quantitative estimate of drug-likeness (QED) is 0.0475. The molecule has 16 heteroatoms. The van der Waals surface area contributed by atoms with E-state index < -0.39 is 23.8 Å². The van der Waals surface area contributed by atoms with Crippen LogP contribution in [0.1, 0.15) is 97.8 Å². The fourth-order valence-electron chi connectivity index (χ4n) is 7.17. The van der Waals surface area contributed by atoms with Gasteiger partial charge in [-0.2, -0.15) is 0 Å². The summed E-state index contributed by atoms with van der Waals surface area (Å²) >= 11 is 5.92. The molecular weight excluding hydrogens is 702 g/mol. The standard InChI is InChI=1S/C37H60ClN9O6/c1-4-53-36(2,3)19-21-41-30(48)14-15-31(49)46-29(9-8-20-43-35(39)40)32(50)42-22-24-47-23-16-28(25-37(47)17-6-5-7-18-37)45-34(52)33(51)44-27-12-10-26(38)11-13-27/h10-13,28-29H,4-9,14-25H2,1-3H3,(H,41,48)(H,42,50)(H,44,51)(H,45,52)(H,46,49)(H4,39,40,43)/t28?,29-/m0/s1. The number of piperidine rings is 1. The molecule has 2 atom stereocenters. The normalized spacial score (nSPS) is 17.6. The van der Waals surface area contributed by atoms with E-state index in [0.717, 1.165) is 32.1 Å². The van der Waals surface area contributed by atoms with Crippen LogP contribution in [0.2, 0.25) is 5.02 Å². The molecule has 2 fully saturated rings. The minimum Gasteiger partial charge on any atom is -0.376 e. The number of carbonyl (C=O) groups excluding carboxylic acids is 5. The molecule has 5 amide bonds. The predicted octanol–water partition coefficient (Wildman–Crippen LogP) is 2.32. The van der Waals surface area contributed by atoms with Crippen molar-refractivity contribution in [1.29, 1.82) is 0 Å². The minimum absolute atomic E-state index is 0.00521. The number of rotatable bonds is 19. The van der Waals surface area contributed by atoms with Gasteiger partial charge in [-0.25, -0.2) is 0 Å². The van der Waals surface area contributed by atoms with Crippen molar-refractivity contribution >= 4 is 52.8 Å². The highest BCUT2D eigenvalue weighted by atomic mass is 35.5. The van der Waals surface area contributed by atoms with E-state index in [1.807, 2.05) is 20.8 Å². The molecule has 53 heavy (non-hydrogen) atoms. The average Bonchev–Trinajstić information content (AvgIpc) is 3.10. The fourth-order valence-corrected chi connectivity index (χ4v) is 7.30. The van der Waals surface area contributed by atoms with Gasteiger partial charge >= 0.3 is 11.8 Å². The van der Waals surface area contributed by atoms with E-state index in [0.29, 0.717) is 82.1 Å². The van der Waals surface area contributed by atoms with E-state index in [4.69, 9.17) is 27.8 Å². The molecule has 0 radical (unpaired) electrons. The van der Waals surface area contributed by atoms with Crippen LogP contribution < -0.4 is 38.1 Å². The molecule has 0 aromatic heterocycles. The third kappa shape index (κ3) is 15.5. The molecule has 1 saturated heterocycles. The highest BCUT2D eigenvalue weighted by molar-refractivity contribution is 6.39. The zero-order valence-electron chi connectivity index (χ0n) is 31.6. The molecule has 1 aliphatic heterocycles. The number of nitrogens with one attached hydrogen (secondary N) is 5. The van der Waals surface area contributed by atoms with Crippen molar-refractivity contribution in [3.05, 3.63) is 29.3 Å². The predicted molar refractivity (Wildman–Crippen MR) is 206 cm³/mol. The Kier molecular flexibility index (Phi) is 17.8. The minimum atomic E-state index is -0.824. The first-order valence-electron chi connectivity index (χ1n) is 18.9. The zero-order valence-corrected chi connectivity index (χ0v) is 32.3. The van der Waals surface area contributed by atoms with Crippen LogP contribution in [-0.2, 0) is 28.7 Å². The maximum atomic E-state index is 13.4. The molecule has 3 rings (SSSR count). The van der Waals surface area contributed by atoms with E-state index in [9.17, 15) is 24.0 Å². The lowest BCUT2D eigenvalue weighted by Gasteiger charge is -2.52. The van der Waals surface area contributed by atoms with Gasteiger partial charge in [0.2, 0.25) is 17.7 Å². The Morgan fingerprint density at radius 2 is 1.70 bits per heavy atom. The second kappa shape index (κ2) is 21.7. The highest BCUT2D eigenvalue weighted by Crippen LogP contribution is 2.40. The van der Waals surface area contributed by atoms with Gasteiger partial charge in [0.05, 0.1) is 5.60 Å². The summed E-state index contributed by atoms with van der Waals surface area (Å²) in [7, 11) is 0. The Balaban J connectivity index is 1.52. The number of carbonyl (C=O) groups is 5. The van der Waals surface area contributed by atoms with Gasteiger partial charge in [0.25, 0.3) is 0 Å². The van der Waals surface area contributed by atoms with Crippen molar-refractivity contribution in [1.82, 2.24) is 26.2 Å². The molecule has 9 N–H and O–H groups in total. The smallest absolute Gasteiger partial charge is 0.313 e. The van der Waals surface area contributed by atoms with Gasteiger partial charge in [-0.3, -0.25) is 33.9 Å². The maximum Gasteiger partial charge on any atom is 0.313 e. The van der Waals surface area contributed by atoms with Crippen molar-refractivity contribution in [3.63, 3.8) is 0 Å². The number of hydrogen-bond acceptors (Lipinski definition) is 8. The molecule has 2 aliphatic rings. The topological polar surface area (TPSA) is 222 Å². The fraction of sp³-hybridized carbons (Fsp3) is 0.676. The van der Waals surface area contributed by atoms with Crippen LogP contribution in [0.5, 0.6) is 0 Å². The van der Waals surface area contributed by atoms with Crippen LogP contribution in [-0.4, -0.2) is 103 Å². The summed E-state index contributed by atoms with van der Waals surface area (Å²) in [5.74, 6) is -2.42. The van der Waals surface area contributed by atoms with E-state index in [-0.39, 0.29) is 47.8 Å². The number of nitrogens with two attached hydrogens (primary N) is 2. The number of amides is 5. The number of hydrogen-bond donors (Lipinski definition) is 7. The van der Waals surface area contributed by atoms with E-state index in [1.165, 1.54) is 0 Å². The number of likely N-dealkylation sites (tertiary alicyclic amines) is 1. The number of halogens is 1. The van der Waals surface area contributed by atoms with Crippen LogP contribution in [0.4, 0.5) is 5.69 Å². The number of ether oxygens (including phenoxy) is 1. The highest BCUT2D eigenvalue weighted by Gasteiger charge is 2.43. The molecule has 1 heterocycles. The molecule has 1 saturated carbocycles. The van der Waals surface area contributed by atoms with Crippen LogP contribution in [0.15, 0.2) is 29.3 Å². The Morgan fingerprint density at radius 3 is 2.38 bits per heavy atom. The van der Waals surface area contributed by atoms with Gasteiger partial charge in [-0.1, -0.05) is 30.9 Å². The van der Waals surface area contributed by atoms with E-state index in [1.54, 1.807) is 24.3 Å². The Hall–Kier alpha value is -3.95. The lowest BCUT2D eigenvalue weighted by Crippen LogP contribution is -2.61. The second-order valence-electron chi connectivity index (χ2n) is 14.5. The summed E-state index contributed by atoms with van der Waals surface area (Å²) < 4.78 is 5.66. The molecule has 0 bridgehead atoms. The summed E-state index contributed by atoms with van der Waals surface area (Å²) in [4.78, 5) is 70.5. The largest absolute Gasteiger partial charge is 0.376 e. The van der Waals surface area contributed by atoms with Crippen molar-refractivity contribution in [2.75, 3.05) is 44.6 Å². The number of benzene rings is 1. The zero-order chi connectivity index (χ0) is 38.9. The van der Waals surface area contributed by atoms with Gasteiger partial charge in [0, 0.05) is 74.5 Å². The molecule has 296 valence electrons. The van der Waals surface area contributed by atoms with Crippen LogP contribution in [0.25, 0.3) is 0 Å². The van der Waals surface area contributed by atoms with Gasteiger partial charge in [-0.05, 0) is 90.0 Å². The third-order valence-electron chi connectivity index (χ3n) is 9.91. The number of nitrogens with zero attached hydrogens (tertiary/aromatic N) is 2. The first kappa shape index (κ1) is 43.5. The van der Waals surface area contributed by atoms with Crippen LogP contribution in [0.3, 0.4) is 0 Å². The van der Waals surface area contributed by atoms with Crippen molar-refractivity contribution in [2.45, 2.75) is 121 Å². The Labute approximate surface area is 318 Å². The van der Waals surface area contributed by atoms with Crippen molar-refractivity contribution < 1.29 is 28.7 Å². The lowest BCUT2D eigenvalue weighted by atomic mass is 9.73. The van der Waals surface area contributed by atoms with E-state index in [2.05, 4.69) is 36.5 Å². The number of aliphatic imine (C=N–C) groups is 1. The molecule has 1 aliphatic carbocycles. The summed E-state index contributed by atoms with van der Waals surface area (Å²) in [6.45, 7) is 8.81. The first-order chi connectivity index (χ1) is 25.2. The molecule has 1 aromatic rings. The van der Waals surface area contributed by atoms with Crippen molar-refractivity contribution in [2.24, 2.45) is 16.5 Å². The summed E-state index contributed by atoms with van der Waals surface area (Å²) in [6.07, 6.45) is 7.92. The SMILES string of the molecule is CCOC(C)(C)CCNC(=O)CCC(=O)N[C@@H](CCCN=C(N)N)C(=O)NCCN1CCC(NC(=O)C(=O)Nc2ccc(Cl)cc2)CC12CCCCC2. The van der Waals surface area contributed by atoms with Gasteiger partial charge < -0.3 is 42.8 Å². The summed E-state index contributed by atoms with van der Waals surface area (Å²) in [5, 5.41) is 14.7. The second-order valence-corrected chi connectivity index (χ2v) is 15.0. The lowest BCUT2D eigenvalue weighted by molar-refractivity contribution is -0.137. The summed E-state index contributed by atoms with van der Waals surface area (Å²) in [5.41, 5.74) is 10.9. The maximum absolute atomic E-state index is 13.4. The Bertz CT molecular complexity index is 1400. The Morgan fingerprint density at radius 1 is 1.00 bits per heavy atom. The van der Waals surface area contributed by atoms with Gasteiger partial charge in [0.15, 0.2) is 5.96 Å². The molecule has 15 nitrogen and oxygen atoms in total. The summed E-state index contributed by atoms with van der Waals surface area (Å²) in [6, 6.07) is 5.58. The van der Waals surface area contributed by atoms with Gasteiger partial charge in [-0.15, -0.1) is 0 Å². The third-order valence-corrected chi connectivity index (χ3v) is 10.2. The van der Waals surface area contributed by atoms with Crippen LogP contribution >= 0.6 is 11.6 Å². The first-order valence-corrected chi connectivity index (χ1v) is 19.3. The molecule has 1 aromatic carbocycles. The van der Waals surface area contributed by atoms with Crippen LogP contribution in [0, 0.1) is 0 Å². The monoisotopic (exact) mass is 761 g/mol. The van der Waals surface area contributed by atoms with Gasteiger partial charge in [0.1, 0.15) is 6.04 Å². The molecule has 1 unspecified atom stereocenters. The number of anilines is 1. The molecule has 1 spiro atoms.